The molecule has 0 N–H and O–H groups in total. The Morgan fingerprint density at radius 2 is 0.917 bits per heavy atom. The van der Waals surface area contributed by atoms with E-state index in [-0.39, 0.29) is 0 Å². The molecule has 0 fully saturated rings. The first-order chi connectivity index (χ1) is 11.5. The van der Waals surface area contributed by atoms with Crippen molar-refractivity contribution in [3.05, 3.63) is 85.8 Å². The molecule has 0 amide bonds. The Labute approximate surface area is 168 Å². The molecule has 122 valence electrons. The minimum atomic E-state index is -0.502. The van der Waals surface area contributed by atoms with Gasteiger partial charge in [-0.05, 0) is 60.7 Å². The van der Waals surface area contributed by atoms with Crippen molar-refractivity contribution in [3.8, 4) is 0 Å². The van der Waals surface area contributed by atoms with Gasteiger partial charge in [0, 0.05) is 15.1 Å². The van der Waals surface area contributed by atoms with E-state index in [4.69, 9.17) is 58.0 Å². The van der Waals surface area contributed by atoms with Crippen LogP contribution in [0.25, 0.3) is 0 Å². The molecule has 24 heavy (non-hydrogen) atoms. The average molecular weight is 436 g/mol. The van der Waals surface area contributed by atoms with Gasteiger partial charge in [0.2, 0.25) is 0 Å². The Kier molecular flexibility index (Phi) is 5.92. The van der Waals surface area contributed by atoms with E-state index in [1.165, 1.54) is 0 Å². The van der Waals surface area contributed by atoms with Gasteiger partial charge in [0.1, 0.15) is 10.9 Å². The van der Waals surface area contributed by atoms with Crippen LogP contribution in [-0.4, -0.2) is 0 Å². The molecule has 0 spiro atoms. The zero-order valence-corrected chi connectivity index (χ0v) is 16.7. The van der Waals surface area contributed by atoms with Crippen LogP contribution in [0.1, 0.15) is 0 Å². The molecule has 0 nitrogen and oxygen atoms in total. The molecule has 0 aromatic heterocycles. The number of rotatable bonds is 3. The predicted molar refractivity (Wildman–Crippen MR) is 107 cm³/mol. The van der Waals surface area contributed by atoms with Crippen LogP contribution in [0.15, 0.2) is 75.4 Å². The molecule has 0 atom stereocenters. The van der Waals surface area contributed by atoms with Crippen molar-refractivity contribution in [1.82, 2.24) is 0 Å². The van der Waals surface area contributed by atoms with Gasteiger partial charge in [-0.3, -0.25) is 0 Å². The molecular weight excluding hydrogens is 426 g/mol. The fourth-order valence-electron chi connectivity index (χ4n) is 2.22. The molecule has 0 saturated carbocycles. The number of halogens is 5. The summed E-state index contributed by atoms with van der Waals surface area (Å²) in [6, 6.07) is 18.6. The molecule has 3 rings (SSSR count). The second-order valence-corrected chi connectivity index (χ2v) is 9.00. The molecule has 0 saturated heterocycles. The second kappa shape index (κ2) is 7.78. The molecule has 3 aromatic rings. The van der Waals surface area contributed by atoms with Crippen molar-refractivity contribution in [2.45, 2.75) is 14.7 Å². The lowest BCUT2D eigenvalue weighted by Crippen LogP contribution is -2.06. The van der Waals surface area contributed by atoms with Gasteiger partial charge < -0.3 is 0 Å². The Morgan fingerprint density at radius 3 is 1.33 bits per heavy atom. The van der Waals surface area contributed by atoms with E-state index in [1.54, 1.807) is 12.1 Å². The van der Waals surface area contributed by atoms with Gasteiger partial charge in [-0.1, -0.05) is 58.0 Å². The zero-order valence-electron chi connectivity index (χ0n) is 12.1. The lowest BCUT2D eigenvalue weighted by atomic mass is 10.3. The Balaban J connectivity index is 2.22. The molecule has 0 aliphatic heterocycles. The first kappa shape index (κ1) is 18.3. The van der Waals surface area contributed by atoms with Gasteiger partial charge >= 0.3 is 0 Å². The van der Waals surface area contributed by atoms with E-state index < -0.39 is 10.9 Å². The Hall–Kier alpha value is -0.540. The normalized spacial score (nSPS) is 11.1. The Morgan fingerprint density at radius 1 is 0.500 bits per heavy atom. The summed E-state index contributed by atoms with van der Waals surface area (Å²) < 4.78 is 0. The fourth-order valence-corrected chi connectivity index (χ4v) is 5.70. The van der Waals surface area contributed by atoms with Gasteiger partial charge in [0.15, 0.2) is 14.7 Å². The van der Waals surface area contributed by atoms with Crippen molar-refractivity contribution in [1.29, 1.82) is 0 Å². The van der Waals surface area contributed by atoms with Crippen molar-refractivity contribution < 1.29 is 0 Å². The van der Waals surface area contributed by atoms with Crippen LogP contribution < -0.4 is 0 Å². The minimum Gasteiger partial charge on any atom is -0.0843 e. The van der Waals surface area contributed by atoms with Gasteiger partial charge in [0.25, 0.3) is 0 Å². The maximum atomic E-state index is 6.47. The van der Waals surface area contributed by atoms with Crippen LogP contribution in [-0.2, 0) is 10.9 Å². The maximum absolute atomic E-state index is 6.47. The van der Waals surface area contributed by atoms with Crippen LogP contribution in [0.4, 0.5) is 0 Å². The van der Waals surface area contributed by atoms with Crippen LogP contribution in [0.2, 0.25) is 25.1 Å². The van der Waals surface area contributed by atoms with Gasteiger partial charge in [0.05, 0.1) is 10.0 Å². The van der Waals surface area contributed by atoms with E-state index in [0.717, 1.165) is 14.7 Å². The van der Waals surface area contributed by atoms with Crippen LogP contribution in [0, 0.1) is 0 Å². The van der Waals surface area contributed by atoms with E-state index in [0.29, 0.717) is 25.1 Å². The minimum absolute atomic E-state index is 0.502. The monoisotopic (exact) mass is 433 g/mol. The highest BCUT2D eigenvalue weighted by Crippen LogP contribution is 2.40. The second-order valence-electron chi connectivity index (χ2n) is 4.91. The Bertz CT molecular complexity index is 826. The molecule has 0 unspecified atom stereocenters. The molecule has 0 heterocycles. The largest absolute Gasteiger partial charge is 0.185 e. The molecule has 3 aromatic carbocycles. The van der Waals surface area contributed by atoms with Gasteiger partial charge in [-0.25, -0.2) is 0 Å². The summed E-state index contributed by atoms with van der Waals surface area (Å²) in [5.74, 6) is 0. The molecule has 0 aliphatic carbocycles. The van der Waals surface area contributed by atoms with Crippen LogP contribution in [0.5, 0.6) is 0 Å². The van der Waals surface area contributed by atoms with E-state index in [2.05, 4.69) is 0 Å². The van der Waals surface area contributed by atoms with Crippen molar-refractivity contribution in [2.24, 2.45) is 0 Å². The first-order valence-electron chi connectivity index (χ1n) is 6.85. The van der Waals surface area contributed by atoms with Gasteiger partial charge in [-0.2, -0.15) is 0 Å². The number of benzene rings is 3. The highest BCUT2D eigenvalue weighted by molar-refractivity contribution is 7.97. The fraction of sp³-hybridized carbons (Fsp3) is 0. The van der Waals surface area contributed by atoms with E-state index >= 15 is 0 Å². The van der Waals surface area contributed by atoms with Crippen LogP contribution in [0.3, 0.4) is 0 Å². The average Bonchev–Trinajstić information content (AvgIpc) is 2.53. The quantitative estimate of drug-likeness (QED) is 0.365. The van der Waals surface area contributed by atoms with Crippen molar-refractivity contribution in [3.63, 3.8) is 0 Å². The lowest BCUT2D eigenvalue weighted by molar-refractivity contribution is 1.32. The third-order valence-corrected chi connectivity index (χ3v) is 7.18. The van der Waals surface area contributed by atoms with Gasteiger partial charge in [-0.15, -0.1) is 0 Å². The van der Waals surface area contributed by atoms with Crippen LogP contribution >= 0.6 is 58.0 Å². The van der Waals surface area contributed by atoms with Crippen molar-refractivity contribution >= 4 is 68.9 Å². The third kappa shape index (κ3) is 3.99. The zero-order chi connectivity index (χ0) is 17.3. The SMILES string of the molecule is Clc1ccc([S+](c2ccc(Cl)cc2Cl)c2ccc(Cl)cc2Cl)cc1. The summed E-state index contributed by atoms with van der Waals surface area (Å²) in [5.41, 5.74) is 0. The smallest absolute Gasteiger partial charge is 0.0843 e. The standard InChI is InChI=1S/C18H10Cl5S/c19-11-1-5-14(6-2-11)24(17-7-3-12(20)9-15(17)22)18-8-4-13(21)10-16(18)23/h1-10H/q+1. The summed E-state index contributed by atoms with van der Waals surface area (Å²) in [4.78, 5) is 2.92. The predicted octanol–water partition coefficient (Wildman–Crippen LogP) is 8.05. The summed E-state index contributed by atoms with van der Waals surface area (Å²) >= 11 is 31.0. The first-order valence-corrected chi connectivity index (χ1v) is 9.97. The number of hydrogen-bond donors (Lipinski definition) is 0. The summed E-state index contributed by atoms with van der Waals surface area (Å²) in [6.45, 7) is 0. The molecule has 0 bridgehead atoms. The number of hydrogen-bond acceptors (Lipinski definition) is 0. The van der Waals surface area contributed by atoms with E-state index in [9.17, 15) is 0 Å². The summed E-state index contributed by atoms with van der Waals surface area (Å²) in [5, 5.41) is 3.03. The lowest BCUT2D eigenvalue weighted by Gasteiger charge is -2.11. The van der Waals surface area contributed by atoms with Crippen molar-refractivity contribution in [2.75, 3.05) is 0 Å². The summed E-state index contributed by atoms with van der Waals surface area (Å²) in [6.07, 6.45) is 0. The molecular formula is C18H10Cl5S+. The molecule has 0 aliphatic rings. The molecule has 6 heteroatoms. The summed E-state index contributed by atoms with van der Waals surface area (Å²) in [7, 11) is -0.502. The maximum Gasteiger partial charge on any atom is 0.185 e. The third-order valence-electron chi connectivity index (χ3n) is 3.28. The highest BCUT2D eigenvalue weighted by Gasteiger charge is 2.33. The van der Waals surface area contributed by atoms with E-state index in [1.807, 2.05) is 48.5 Å². The topological polar surface area (TPSA) is 0 Å². The molecule has 0 radical (unpaired) electrons. The highest BCUT2D eigenvalue weighted by atomic mass is 35.5.